The average Bonchev–Trinajstić information content (AvgIpc) is 2.40. The van der Waals surface area contributed by atoms with Crippen LogP contribution in [0.2, 0.25) is 0 Å². The van der Waals surface area contributed by atoms with Crippen molar-refractivity contribution in [1.29, 1.82) is 0 Å². The molecule has 0 spiro atoms. The van der Waals surface area contributed by atoms with Gasteiger partial charge in [0, 0.05) is 19.6 Å². The Balaban J connectivity index is 0.00000200. The number of halogens is 1. The van der Waals surface area contributed by atoms with Gasteiger partial charge in [0.25, 0.3) is 0 Å². The molecule has 1 saturated heterocycles. The molecule has 1 amide bonds. The Morgan fingerprint density at radius 1 is 1.40 bits per heavy atom. The number of hydrogen-bond acceptors (Lipinski definition) is 3. The Hall–Kier alpha value is -0.320. The Morgan fingerprint density at radius 3 is 2.95 bits per heavy atom. The van der Waals surface area contributed by atoms with Crippen molar-refractivity contribution >= 4 is 18.3 Å². The molecule has 4 nitrogen and oxygen atoms in total. The number of ether oxygens (including phenoxy) is 1. The zero-order valence-electron chi connectivity index (χ0n) is 12.5. The summed E-state index contributed by atoms with van der Waals surface area (Å²) >= 11 is 0. The number of amides is 1. The van der Waals surface area contributed by atoms with E-state index in [-0.39, 0.29) is 24.4 Å². The molecule has 1 saturated carbocycles. The van der Waals surface area contributed by atoms with E-state index in [9.17, 15) is 4.79 Å². The van der Waals surface area contributed by atoms with Gasteiger partial charge < -0.3 is 15.4 Å². The number of rotatable bonds is 5. The minimum atomic E-state index is 0. The number of nitrogens with one attached hydrogen (secondary N) is 2. The first-order valence-corrected chi connectivity index (χ1v) is 7.83. The molecule has 0 bridgehead atoms. The van der Waals surface area contributed by atoms with Crippen LogP contribution in [0.25, 0.3) is 0 Å². The fourth-order valence-electron chi connectivity index (χ4n) is 3.27. The van der Waals surface area contributed by atoms with Crippen LogP contribution in [0, 0.1) is 11.8 Å². The molecule has 2 N–H and O–H groups in total. The number of carbonyl (C=O) groups is 1. The van der Waals surface area contributed by atoms with Gasteiger partial charge in [-0.05, 0) is 24.7 Å². The van der Waals surface area contributed by atoms with E-state index in [0.717, 1.165) is 44.5 Å². The van der Waals surface area contributed by atoms with Crippen LogP contribution in [-0.4, -0.2) is 38.3 Å². The quantitative estimate of drug-likeness (QED) is 0.818. The molecule has 20 heavy (non-hydrogen) atoms. The van der Waals surface area contributed by atoms with Crippen molar-refractivity contribution in [2.75, 3.05) is 26.2 Å². The maximum Gasteiger partial charge on any atom is 0.222 e. The Bertz CT molecular complexity index is 283. The molecular weight excluding hydrogens is 276 g/mol. The summed E-state index contributed by atoms with van der Waals surface area (Å²) < 4.78 is 5.54. The first kappa shape index (κ1) is 17.7. The third kappa shape index (κ3) is 6.42. The summed E-state index contributed by atoms with van der Waals surface area (Å²) in [6.07, 6.45) is 7.12. The van der Waals surface area contributed by atoms with Gasteiger partial charge in [0.15, 0.2) is 0 Å². The van der Waals surface area contributed by atoms with E-state index in [4.69, 9.17) is 4.74 Å². The predicted octanol–water partition coefficient (Wildman–Crippen LogP) is 2.12. The van der Waals surface area contributed by atoms with Crippen molar-refractivity contribution in [2.45, 2.75) is 51.6 Å². The van der Waals surface area contributed by atoms with Gasteiger partial charge in [-0.15, -0.1) is 12.4 Å². The summed E-state index contributed by atoms with van der Waals surface area (Å²) in [6.45, 7) is 5.60. The topological polar surface area (TPSA) is 50.4 Å². The van der Waals surface area contributed by atoms with Crippen LogP contribution in [0.1, 0.15) is 45.4 Å². The van der Waals surface area contributed by atoms with Gasteiger partial charge in [-0.2, -0.15) is 0 Å². The van der Waals surface area contributed by atoms with E-state index < -0.39 is 0 Å². The molecule has 1 heterocycles. The zero-order chi connectivity index (χ0) is 13.5. The SMILES string of the molecule is CC1CCCC(CCNC(=O)CC2CNCCO2)C1.Cl. The van der Waals surface area contributed by atoms with Gasteiger partial charge in [-0.1, -0.05) is 26.2 Å². The summed E-state index contributed by atoms with van der Waals surface area (Å²) in [6, 6.07) is 0. The third-order valence-electron chi connectivity index (χ3n) is 4.34. The summed E-state index contributed by atoms with van der Waals surface area (Å²) in [4.78, 5) is 11.8. The van der Waals surface area contributed by atoms with Crippen molar-refractivity contribution in [3.8, 4) is 0 Å². The highest BCUT2D eigenvalue weighted by molar-refractivity contribution is 5.85. The smallest absolute Gasteiger partial charge is 0.222 e. The van der Waals surface area contributed by atoms with Gasteiger partial charge in [-0.25, -0.2) is 0 Å². The monoisotopic (exact) mass is 304 g/mol. The highest BCUT2D eigenvalue weighted by Crippen LogP contribution is 2.30. The molecule has 5 heteroatoms. The standard InChI is InChI=1S/C15H28N2O2.ClH/c1-12-3-2-4-13(9-12)5-6-17-15(18)10-14-11-16-7-8-19-14;/h12-14,16H,2-11H2,1H3,(H,17,18);1H. The minimum Gasteiger partial charge on any atom is -0.375 e. The normalized spacial score (nSPS) is 30.4. The van der Waals surface area contributed by atoms with Crippen molar-refractivity contribution in [1.82, 2.24) is 10.6 Å². The largest absolute Gasteiger partial charge is 0.375 e. The molecule has 0 radical (unpaired) electrons. The van der Waals surface area contributed by atoms with Gasteiger partial charge >= 0.3 is 0 Å². The fourth-order valence-corrected chi connectivity index (χ4v) is 3.27. The molecule has 1 aliphatic carbocycles. The van der Waals surface area contributed by atoms with Gasteiger partial charge in [-0.3, -0.25) is 4.79 Å². The molecule has 0 aromatic carbocycles. The highest BCUT2D eigenvalue weighted by atomic mass is 35.5. The van der Waals surface area contributed by atoms with E-state index in [0.29, 0.717) is 6.42 Å². The number of hydrogen-bond donors (Lipinski definition) is 2. The second-order valence-corrected chi connectivity index (χ2v) is 6.18. The van der Waals surface area contributed by atoms with Crippen LogP contribution in [0.4, 0.5) is 0 Å². The predicted molar refractivity (Wildman–Crippen MR) is 83.2 cm³/mol. The number of morpholine rings is 1. The second-order valence-electron chi connectivity index (χ2n) is 6.18. The lowest BCUT2D eigenvalue weighted by Gasteiger charge is -2.27. The minimum absolute atomic E-state index is 0. The first-order chi connectivity index (χ1) is 9.24. The average molecular weight is 305 g/mol. The zero-order valence-corrected chi connectivity index (χ0v) is 13.3. The van der Waals surface area contributed by atoms with E-state index in [1.54, 1.807) is 0 Å². The van der Waals surface area contributed by atoms with Gasteiger partial charge in [0.1, 0.15) is 0 Å². The molecule has 2 rings (SSSR count). The molecule has 1 aliphatic heterocycles. The van der Waals surface area contributed by atoms with Crippen molar-refractivity contribution in [3.05, 3.63) is 0 Å². The first-order valence-electron chi connectivity index (χ1n) is 7.83. The van der Waals surface area contributed by atoms with Crippen molar-refractivity contribution in [3.63, 3.8) is 0 Å². The van der Waals surface area contributed by atoms with E-state index >= 15 is 0 Å². The Kier molecular flexibility index (Phi) is 8.50. The van der Waals surface area contributed by atoms with Crippen LogP contribution in [-0.2, 0) is 9.53 Å². The molecule has 2 aliphatic rings. The van der Waals surface area contributed by atoms with E-state index in [2.05, 4.69) is 17.6 Å². The van der Waals surface area contributed by atoms with Gasteiger partial charge in [0.2, 0.25) is 5.91 Å². The summed E-state index contributed by atoms with van der Waals surface area (Å²) in [5, 5.41) is 6.29. The molecule has 118 valence electrons. The molecular formula is C15H29ClN2O2. The molecule has 3 unspecified atom stereocenters. The van der Waals surface area contributed by atoms with Crippen LogP contribution in [0.5, 0.6) is 0 Å². The van der Waals surface area contributed by atoms with Crippen LogP contribution in [0.3, 0.4) is 0 Å². The van der Waals surface area contributed by atoms with Crippen LogP contribution >= 0.6 is 12.4 Å². The maximum atomic E-state index is 11.8. The Labute approximate surface area is 128 Å². The number of carbonyl (C=O) groups excluding carboxylic acids is 1. The van der Waals surface area contributed by atoms with Crippen molar-refractivity contribution in [2.24, 2.45) is 11.8 Å². The molecule has 0 aromatic rings. The van der Waals surface area contributed by atoms with Crippen LogP contribution in [0.15, 0.2) is 0 Å². The molecule has 2 fully saturated rings. The fraction of sp³-hybridized carbons (Fsp3) is 0.933. The summed E-state index contributed by atoms with van der Waals surface area (Å²) in [5.74, 6) is 1.82. The second kappa shape index (κ2) is 9.59. The maximum absolute atomic E-state index is 11.8. The summed E-state index contributed by atoms with van der Waals surface area (Å²) in [5.41, 5.74) is 0. The highest BCUT2D eigenvalue weighted by Gasteiger charge is 2.20. The summed E-state index contributed by atoms with van der Waals surface area (Å²) in [7, 11) is 0. The van der Waals surface area contributed by atoms with Crippen molar-refractivity contribution < 1.29 is 9.53 Å². The molecule has 3 atom stereocenters. The third-order valence-corrected chi connectivity index (χ3v) is 4.34. The van der Waals surface area contributed by atoms with E-state index in [1.165, 1.54) is 25.7 Å². The Morgan fingerprint density at radius 2 is 2.25 bits per heavy atom. The lowest BCUT2D eigenvalue weighted by molar-refractivity contribution is -0.124. The molecule has 0 aromatic heterocycles. The van der Waals surface area contributed by atoms with Gasteiger partial charge in [0.05, 0.1) is 19.1 Å². The van der Waals surface area contributed by atoms with Crippen LogP contribution < -0.4 is 10.6 Å². The van der Waals surface area contributed by atoms with E-state index in [1.807, 2.05) is 0 Å². The lowest BCUT2D eigenvalue weighted by atomic mass is 9.81. The lowest BCUT2D eigenvalue weighted by Crippen LogP contribution is -2.41.